The van der Waals surface area contributed by atoms with Crippen LogP contribution in [-0.4, -0.2) is 29.0 Å². The number of nitrogens with one attached hydrogen (secondary N) is 2. The zero-order valence-corrected chi connectivity index (χ0v) is 14.7. The molecule has 0 aliphatic rings. The van der Waals surface area contributed by atoms with Crippen LogP contribution in [0.2, 0.25) is 0 Å². The molecule has 1 aromatic heterocycles. The van der Waals surface area contributed by atoms with E-state index in [-0.39, 0.29) is 11.6 Å². The van der Waals surface area contributed by atoms with Crippen LogP contribution in [0.25, 0.3) is 0 Å². The minimum absolute atomic E-state index is 0.234. The van der Waals surface area contributed by atoms with E-state index in [1.165, 1.54) is 19.5 Å². The number of esters is 1. The Morgan fingerprint density at radius 3 is 2.33 bits per heavy atom. The summed E-state index contributed by atoms with van der Waals surface area (Å²) in [7, 11) is 1.33. The van der Waals surface area contributed by atoms with E-state index < -0.39 is 5.97 Å². The second-order valence-corrected chi connectivity index (χ2v) is 5.65. The number of aromatic nitrogens is 2. The van der Waals surface area contributed by atoms with Crippen molar-refractivity contribution in [2.75, 3.05) is 12.4 Å². The molecule has 3 rings (SSSR count). The summed E-state index contributed by atoms with van der Waals surface area (Å²) in [5.41, 5.74) is 2.43. The molecule has 136 valence electrons. The lowest BCUT2D eigenvalue weighted by Gasteiger charge is -2.07. The zero-order chi connectivity index (χ0) is 19.1. The first-order valence-corrected chi connectivity index (χ1v) is 8.25. The lowest BCUT2D eigenvalue weighted by molar-refractivity contribution is 0.0600. The molecule has 2 aromatic carbocycles. The number of nitrogens with zero attached hydrogens (tertiary/aromatic N) is 2. The van der Waals surface area contributed by atoms with Crippen molar-refractivity contribution in [2.24, 2.45) is 0 Å². The molecule has 0 aliphatic heterocycles. The van der Waals surface area contributed by atoms with Gasteiger partial charge in [-0.15, -0.1) is 0 Å². The van der Waals surface area contributed by atoms with E-state index in [0.29, 0.717) is 17.9 Å². The van der Waals surface area contributed by atoms with Gasteiger partial charge in [0.05, 0.1) is 25.1 Å². The molecule has 0 fully saturated rings. The number of anilines is 2. The first kappa shape index (κ1) is 18.1. The topological polar surface area (TPSA) is 93.2 Å². The molecule has 0 spiro atoms. The van der Waals surface area contributed by atoms with Gasteiger partial charge < -0.3 is 15.4 Å². The third-order valence-corrected chi connectivity index (χ3v) is 3.76. The van der Waals surface area contributed by atoms with Crippen molar-refractivity contribution >= 4 is 23.4 Å². The Balaban J connectivity index is 1.58. The number of amides is 1. The molecule has 0 saturated carbocycles. The van der Waals surface area contributed by atoms with Gasteiger partial charge in [0.15, 0.2) is 0 Å². The Morgan fingerprint density at radius 2 is 1.70 bits per heavy atom. The molecule has 0 unspecified atom stereocenters. The summed E-state index contributed by atoms with van der Waals surface area (Å²) in [6.45, 7) is 0.425. The lowest BCUT2D eigenvalue weighted by Crippen LogP contribution is -2.24. The Labute approximate surface area is 156 Å². The van der Waals surface area contributed by atoms with Crippen LogP contribution in [0.1, 0.15) is 26.4 Å². The zero-order valence-electron chi connectivity index (χ0n) is 14.7. The summed E-state index contributed by atoms with van der Waals surface area (Å²) in [6.07, 6.45) is 2.89. The Bertz CT molecular complexity index is 910. The van der Waals surface area contributed by atoms with Crippen LogP contribution >= 0.6 is 0 Å². The molecule has 2 N–H and O–H groups in total. The molecule has 3 aromatic rings. The molecule has 7 nitrogen and oxygen atoms in total. The van der Waals surface area contributed by atoms with Crippen LogP contribution in [0.4, 0.5) is 11.5 Å². The first-order chi connectivity index (χ1) is 13.2. The van der Waals surface area contributed by atoms with E-state index in [0.717, 1.165) is 11.3 Å². The molecule has 0 aliphatic carbocycles. The molecule has 1 amide bonds. The minimum atomic E-state index is -0.396. The maximum atomic E-state index is 12.1. The number of hydrogen-bond donors (Lipinski definition) is 2. The van der Waals surface area contributed by atoms with Crippen molar-refractivity contribution in [3.8, 4) is 0 Å². The van der Waals surface area contributed by atoms with Gasteiger partial charge in [-0.2, -0.15) is 0 Å². The van der Waals surface area contributed by atoms with Crippen molar-refractivity contribution in [1.82, 2.24) is 15.3 Å². The van der Waals surface area contributed by atoms with Crippen LogP contribution < -0.4 is 10.6 Å². The van der Waals surface area contributed by atoms with Crippen LogP contribution in [0.3, 0.4) is 0 Å². The van der Waals surface area contributed by atoms with E-state index >= 15 is 0 Å². The number of hydrogen-bond acceptors (Lipinski definition) is 6. The molecular formula is C20H18N4O3. The Kier molecular flexibility index (Phi) is 5.73. The monoisotopic (exact) mass is 362 g/mol. The second-order valence-electron chi connectivity index (χ2n) is 5.65. The molecule has 27 heavy (non-hydrogen) atoms. The predicted molar refractivity (Wildman–Crippen MR) is 101 cm³/mol. The van der Waals surface area contributed by atoms with Crippen molar-refractivity contribution in [3.63, 3.8) is 0 Å². The molecule has 0 atom stereocenters. The van der Waals surface area contributed by atoms with Crippen LogP contribution in [0.15, 0.2) is 67.0 Å². The highest BCUT2D eigenvalue weighted by molar-refractivity contribution is 5.92. The lowest BCUT2D eigenvalue weighted by atomic mass is 10.2. The van der Waals surface area contributed by atoms with E-state index in [4.69, 9.17) is 0 Å². The summed E-state index contributed by atoms with van der Waals surface area (Å²) in [4.78, 5) is 31.9. The minimum Gasteiger partial charge on any atom is -0.465 e. The quantitative estimate of drug-likeness (QED) is 0.655. The number of benzene rings is 2. The van der Waals surface area contributed by atoms with Gasteiger partial charge in [0.2, 0.25) is 0 Å². The summed E-state index contributed by atoms with van der Waals surface area (Å²) in [5, 5.41) is 5.86. The maximum absolute atomic E-state index is 12.1. The third-order valence-electron chi connectivity index (χ3n) is 3.76. The van der Waals surface area contributed by atoms with E-state index in [1.807, 2.05) is 30.3 Å². The highest BCUT2D eigenvalue weighted by Gasteiger charge is 2.08. The highest BCUT2D eigenvalue weighted by atomic mass is 16.5. The van der Waals surface area contributed by atoms with Crippen molar-refractivity contribution in [2.45, 2.75) is 6.54 Å². The van der Waals surface area contributed by atoms with Crippen molar-refractivity contribution in [1.29, 1.82) is 0 Å². The standard InChI is InChI=1S/C20H18N4O3/c1-27-20(26)15-7-9-16(10-8-15)24-18-13-21-17(12-22-18)19(25)23-11-14-5-3-2-4-6-14/h2-10,12-13H,11H2,1H3,(H,22,24)(H,23,25). The molecule has 0 bridgehead atoms. The summed E-state index contributed by atoms with van der Waals surface area (Å²) < 4.78 is 4.66. The van der Waals surface area contributed by atoms with Crippen LogP contribution in [-0.2, 0) is 11.3 Å². The fourth-order valence-electron chi connectivity index (χ4n) is 2.33. The van der Waals surface area contributed by atoms with Gasteiger partial charge in [0.25, 0.3) is 5.91 Å². The molecule has 7 heteroatoms. The van der Waals surface area contributed by atoms with Gasteiger partial charge in [0.1, 0.15) is 11.5 Å². The van der Waals surface area contributed by atoms with E-state index in [2.05, 4.69) is 25.3 Å². The SMILES string of the molecule is COC(=O)c1ccc(Nc2cnc(C(=O)NCc3ccccc3)cn2)cc1. The summed E-state index contributed by atoms with van der Waals surface area (Å²) in [5.74, 6) is -0.201. The average Bonchev–Trinajstić information content (AvgIpc) is 2.73. The second kappa shape index (κ2) is 8.57. The van der Waals surface area contributed by atoms with Crippen LogP contribution in [0.5, 0.6) is 0 Å². The highest BCUT2D eigenvalue weighted by Crippen LogP contribution is 2.15. The number of ether oxygens (including phenoxy) is 1. The molecule has 1 heterocycles. The number of methoxy groups -OCH3 is 1. The number of carbonyl (C=O) groups is 2. The molecule has 0 radical (unpaired) electrons. The smallest absolute Gasteiger partial charge is 0.337 e. The van der Waals surface area contributed by atoms with Gasteiger partial charge in [-0.1, -0.05) is 30.3 Å². The average molecular weight is 362 g/mol. The molecule has 0 saturated heterocycles. The molecular weight excluding hydrogens is 344 g/mol. The number of rotatable bonds is 6. The fourth-order valence-corrected chi connectivity index (χ4v) is 2.33. The van der Waals surface area contributed by atoms with Gasteiger partial charge in [0, 0.05) is 12.2 Å². The maximum Gasteiger partial charge on any atom is 0.337 e. The Morgan fingerprint density at radius 1 is 0.963 bits per heavy atom. The summed E-state index contributed by atoms with van der Waals surface area (Å²) >= 11 is 0. The Hall–Kier alpha value is -3.74. The van der Waals surface area contributed by atoms with Gasteiger partial charge >= 0.3 is 5.97 Å². The van der Waals surface area contributed by atoms with Gasteiger partial charge in [-0.3, -0.25) is 4.79 Å². The van der Waals surface area contributed by atoms with Crippen molar-refractivity contribution < 1.29 is 14.3 Å². The van der Waals surface area contributed by atoms with Crippen LogP contribution in [0, 0.1) is 0 Å². The van der Waals surface area contributed by atoms with Gasteiger partial charge in [-0.05, 0) is 29.8 Å². The largest absolute Gasteiger partial charge is 0.465 e. The number of carbonyl (C=O) groups excluding carboxylic acids is 2. The summed E-state index contributed by atoms with van der Waals surface area (Å²) in [6, 6.07) is 16.4. The fraction of sp³-hybridized carbons (Fsp3) is 0.100. The van der Waals surface area contributed by atoms with Crippen molar-refractivity contribution in [3.05, 3.63) is 83.8 Å². The first-order valence-electron chi connectivity index (χ1n) is 8.25. The third kappa shape index (κ3) is 4.88. The van der Waals surface area contributed by atoms with E-state index in [1.54, 1.807) is 24.3 Å². The predicted octanol–water partition coefficient (Wildman–Crippen LogP) is 2.94. The van der Waals surface area contributed by atoms with Gasteiger partial charge in [-0.25, -0.2) is 14.8 Å². The normalized spacial score (nSPS) is 10.1. The van der Waals surface area contributed by atoms with E-state index in [9.17, 15) is 9.59 Å².